The van der Waals surface area contributed by atoms with Gasteiger partial charge < -0.3 is 0 Å². The van der Waals surface area contributed by atoms with E-state index in [0.717, 1.165) is 11.6 Å². The fourth-order valence-electron chi connectivity index (χ4n) is 1.86. The van der Waals surface area contributed by atoms with E-state index < -0.39 is 11.6 Å². The van der Waals surface area contributed by atoms with Crippen LogP contribution in [0.1, 0.15) is 21.5 Å². The Bertz CT molecular complexity index is 579. The first-order valence-corrected chi connectivity index (χ1v) is 6.73. The molecule has 0 amide bonds. The quantitative estimate of drug-likeness (QED) is 0.688. The van der Waals surface area contributed by atoms with Crippen molar-refractivity contribution in [2.75, 3.05) is 0 Å². The zero-order valence-electron chi connectivity index (χ0n) is 10.3. The molecule has 2 aromatic carbocycles. The van der Waals surface area contributed by atoms with Gasteiger partial charge in [-0.25, -0.2) is 13.2 Å². The third-order valence-electron chi connectivity index (χ3n) is 2.94. The highest BCUT2D eigenvalue weighted by atomic mass is 79.9. The van der Waals surface area contributed by atoms with Gasteiger partial charge in [-0.2, -0.15) is 0 Å². The van der Waals surface area contributed by atoms with Crippen molar-refractivity contribution in [3.8, 4) is 0 Å². The molecule has 0 saturated carbocycles. The summed E-state index contributed by atoms with van der Waals surface area (Å²) in [5.41, 5.74) is 1.69. The van der Waals surface area contributed by atoms with E-state index >= 15 is 0 Å². The first kappa shape index (κ1) is 14.1. The normalized spacial score (nSPS) is 12.5. The summed E-state index contributed by atoms with van der Waals surface area (Å²) in [6.07, 6.45) is 0.502. The van der Waals surface area contributed by atoms with Gasteiger partial charge in [0.15, 0.2) is 0 Å². The molecule has 0 aliphatic rings. The molecule has 2 aromatic rings. The van der Waals surface area contributed by atoms with Crippen molar-refractivity contribution in [2.45, 2.75) is 18.2 Å². The number of rotatable bonds is 3. The zero-order chi connectivity index (χ0) is 14.0. The van der Waals surface area contributed by atoms with E-state index in [1.165, 1.54) is 18.2 Å². The first-order chi connectivity index (χ1) is 8.97. The molecule has 0 N–H and O–H groups in total. The average molecular weight is 329 g/mol. The minimum atomic E-state index is -0.577. The third kappa shape index (κ3) is 3.38. The van der Waals surface area contributed by atoms with Gasteiger partial charge in [-0.15, -0.1) is 0 Å². The van der Waals surface area contributed by atoms with E-state index in [1.54, 1.807) is 19.1 Å². The fraction of sp³-hybridized carbons (Fsp3) is 0.200. The summed E-state index contributed by atoms with van der Waals surface area (Å²) in [7, 11) is 0. The van der Waals surface area contributed by atoms with E-state index in [9.17, 15) is 13.2 Å². The van der Waals surface area contributed by atoms with Gasteiger partial charge in [0.05, 0.1) is 0 Å². The molecule has 0 aromatic heterocycles. The van der Waals surface area contributed by atoms with E-state index in [-0.39, 0.29) is 10.6 Å². The van der Waals surface area contributed by atoms with E-state index in [1.807, 2.05) is 0 Å². The maximum Gasteiger partial charge on any atom is 0.130 e. The lowest BCUT2D eigenvalue weighted by Gasteiger charge is -2.13. The Balaban J connectivity index is 2.22. The molecule has 0 fully saturated rings. The SMILES string of the molecule is Cc1cc(C(Br)Cc2ccc(F)cc2)c(F)cc1F. The maximum atomic E-state index is 13.7. The highest BCUT2D eigenvalue weighted by Crippen LogP contribution is 2.30. The lowest BCUT2D eigenvalue weighted by molar-refractivity contribution is 0.565. The highest BCUT2D eigenvalue weighted by molar-refractivity contribution is 9.09. The van der Waals surface area contributed by atoms with Crippen LogP contribution in [0.15, 0.2) is 36.4 Å². The number of hydrogen-bond acceptors (Lipinski definition) is 0. The molecule has 19 heavy (non-hydrogen) atoms. The van der Waals surface area contributed by atoms with Crippen molar-refractivity contribution in [1.29, 1.82) is 0 Å². The first-order valence-electron chi connectivity index (χ1n) is 5.81. The van der Waals surface area contributed by atoms with Crippen LogP contribution >= 0.6 is 15.9 Å². The van der Waals surface area contributed by atoms with Crippen LogP contribution in [0.5, 0.6) is 0 Å². The summed E-state index contributed by atoms with van der Waals surface area (Å²) in [4.78, 5) is -0.280. The van der Waals surface area contributed by atoms with Gasteiger partial charge in [0.1, 0.15) is 17.5 Å². The van der Waals surface area contributed by atoms with Crippen molar-refractivity contribution >= 4 is 15.9 Å². The van der Waals surface area contributed by atoms with Crippen molar-refractivity contribution in [3.63, 3.8) is 0 Å². The lowest BCUT2D eigenvalue weighted by Crippen LogP contribution is -2.01. The van der Waals surface area contributed by atoms with Crippen LogP contribution < -0.4 is 0 Å². The topological polar surface area (TPSA) is 0 Å². The van der Waals surface area contributed by atoms with E-state index in [0.29, 0.717) is 17.5 Å². The van der Waals surface area contributed by atoms with Gasteiger partial charge in [-0.05, 0) is 42.7 Å². The van der Waals surface area contributed by atoms with Crippen LogP contribution in [0.3, 0.4) is 0 Å². The Morgan fingerprint density at radius 2 is 1.63 bits per heavy atom. The second kappa shape index (κ2) is 5.78. The summed E-state index contributed by atoms with van der Waals surface area (Å²) in [5.74, 6) is -1.44. The molecule has 0 aliphatic carbocycles. The molecule has 0 spiro atoms. The molecule has 0 heterocycles. The highest BCUT2D eigenvalue weighted by Gasteiger charge is 2.15. The number of benzene rings is 2. The molecule has 0 aliphatic heterocycles. The number of aryl methyl sites for hydroxylation is 1. The smallest absolute Gasteiger partial charge is 0.130 e. The van der Waals surface area contributed by atoms with Crippen LogP contribution in [0, 0.1) is 24.4 Å². The molecule has 1 atom stereocenters. The van der Waals surface area contributed by atoms with E-state index in [2.05, 4.69) is 15.9 Å². The van der Waals surface area contributed by atoms with Crippen LogP contribution in [0.25, 0.3) is 0 Å². The van der Waals surface area contributed by atoms with Gasteiger partial charge in [-0.1, -0.05) is 28.1 Å². The summed E-state index contributed by atoms with van der Waals surface area (Å²) in [6.45, 7) is 1.59. The molecule has 0 saturated heterocycles. The van der Waals surface area contributed by atoms with Gasteiger partial charge in [-0.3, -0.25) is 0 Å². The van der Waals surface area contributed by atoms with Gasteiger partial charge in [0.2, 0.25) is 0 Å². The molecular weight excluding hydrogens is 317 g/mol. The Hall–Kier alpha value is -1.29. The number of alkyl halides is 1. The fourth-order valence-corrected chi connectivity index (χ4v) is 2.58. The van der Waals surface area contributed by atoms with Crippen molar-refractivity contribution < 1.29 is 13.2 Å². The second-order valence-electron chi connectivity index (χ2n) is 4.42. The standard InChI is InChI=1S/C15H12BrF3/c1-9-6-12(15(19)8-14(9)18)13(16)7-10-2-4-11(17)5-3-10/h2-6,8,13H,7H2,1H3. The Morgan fingerprint density at radius 1 is 1.00 bits per heavy atom. The maximum absolute atomic E-state index is 13.7. The second-order valence-corrected chi connectivity index (χ2v) is 5.53. The zero-order valence-corrected chi connectivity index (χ0v) is 11.8. The molecule has 100 valence electrons. The molecule has 1 unspecified atom stereocenters. The minimum Gasteiger partial charge on any atom is -0.207 e. The summed E-state index contributed by atoms with van der Waals surface area (Å²) in [6, 6.07) is 8.41. The van der Waals surface area contributed by atoms with Crippen LogP contribution in [0.4, 0.5) is 13.2 Å². The Morgan fingerprint density at radius 3 is 2.26 bits per heavy atom. The number of hydrogen-bond donors (Lipinski definition) is 0. The number of halogens is 4. The Kier molecular flexibility index (Phi) is 4.30. The van der Waals surface area contributed by atoms with Gasteiger partial charge in [0, 0.05) is 16.5 Å². The summed E-state index contributed by atoms with van der Waals surface area (Å²) >= 11 is 3.39. The minimum absolute atomic E-state index is 0.280. The molecule has 2 rings (SSSR count). The van der Waals surface area contributed by atoms with Crippen LogP contribution in [-0.2, 0) is 6.42 Å². The van der Waals surface area contributed by atoms with Crippen molar-refractivity contribution in [3.05, 3.63) is 70.5 Å². The molecule has 0 nitrogen and oxygen atoms in total. The van der Waals surface area contributed by atoms with Gasteiger partial charge in [0.25, 0.3) is 0 Å². The molecular formula is C15H12BrF3. The predicted octanol–water partition coefficient (Wildman–Crippen LogP) is 5.09. The van der Waals surface area contributed by atoms with E-state index in [4.69, 9.17) is 0 Å². The molecule has 0 bridgehead atoms. The molecule has 0 radical (unpaired) electrons. The van der Waals surface area contributed by atoms with Crippen LogP contribution in [-0.4, -0.2) is 0 Å². The largest absolute Gasteiger partial charge is 0.207 e. The predicted molar refractivity (Wildman–Crippen MR) is 72.9 cm³/mol. The summed E-state index contributed by atoms with van der Waals surface area (Å²) < 4.78 is 39.7. The monoisotopic (exact) mass is 328 g/mol. The Labute approximate surface area is 118 Å². The van der Waals surface area contributed by atoms with Crippen molar-refractivity contribution in [1.82, 2.24) is 0 Å². The lowest BCUT2D eigenvalue weighted by atomic mass is 10.0. The molecule has 4 heteroatoms. The van der Waals surface area contributed by atoms with Crippen molar-refractivity contribution in [2.24, 2.45) is 0 Å². The third-order valence-corrected chi connectivity index (χ3v) is 3.76. The average Bonchev–Trinajstić information content (AvgIpc) is 2.36. The van der Waals surface area contributed by atoms with Gasteiger partial charge >= 0.3 is 0 Å². The van der Waals surface area contributed by atoms with Crippen LogP contribution in [0.2, 0.25) is 0 Å². The summed E-state index contributed by atoms with van der Waals surface area (Å²) in [5, 5.41) is 0.